The molecule has 0 saturated carbocycles. The Morgan fingerprint density at radius 3 is 2.88 bits per heavy atom. The van der Waals surface area contributed by atoms with Crippen molar-refractivity contribution < 1.29 is 4.79 Å². The molecule has 17 heavy (non-hydrogen) atoms. The van der Waals surface area contributed by atoms with Crippen LogP contribution in [-0.2, 0) is 4.79 Å². The Morgan fingerprint density at radius 1 is 1.41 bits per heavy atom. The molecule has 1 aliphatic carbocycles. The van der Waals surface area contributed by atoms with Gasteiger partial charge >= 0.3 is 0 Å². The number of amides is 1. The average Bonchev–Trinajstić information content (AvgIpc) is 2.49. The van der Waals surface area contributed by atoms with Gasteiger partial charge in [0.15, 0.2) is 0 Å². The Bertz CT molecular complexity index is 486. The summed E-state index contributed by atoms with van der Waals surface area (Å²) < 4.78 is 0. The summed E-state index contributed by atoms with van der Waals surface area (Å²) in [6, 6.07) is 0. The van der Waals surface area contributed by atoms with E-state index in [-0.39, 0.29) is 5.91 Å². The van der Waals surface area contributed by atoms with Crippen LogP contribution in [0.15, 0.2) is 52.2 Å². The molecule has 0 bridgehead atoms. The Morgan fingerprint density at radius 2 is 2.12 bits per heavy atom. The van der Waals surface area contributed by atoms with Gasteiger partial charge in [0.25, 0.3) is 5.91 Å². The van der Waals surface area contributed by atoms with Crippen LogP contribution in [0.5, 0.6) is 0 Å². The van der Waals surface area contributed by atoms with Crippen LogP contribution in [0.1, 0.15) is 6.92 Å². The summed E-state index contributed by atoms with van der Waals surface area (Å²) in [4.78, 5) is 18.4. The molecule has 0 N–H and O–H groups in total. The standard InChI is InChI=1S/C13H14N2OS/c1-9-4-6-11-12(7-5-9)15(3)13(16)10(2)17-8-14-11/h4-9H,2H2,1,3H3. The number of allylic oxidation sites excluding steroid dienone is 4. The Balaban J connectivity index is 2.49. The third kappa shape index (κ3) is 2.42. The minimum atomic E-state index is -0.0822. The van der Waals surface area contributed by atoms with Crippen molar-refractivity contribution in [3.8, 4) is 0 Å². The third-order valence-electron chi connectivity index (χ3n) is 2.67. The van der Waals surface area contributed by atoms with Crippen LogP contribution in [0.4, 0.5) is 0 Å². The normalized spacial score (nSPS) is 24.6. The first-order chi connectivity index (χ1) is 8.09. The molecule has 0 radical (unpaired) electrons. The molecule has 1 atom stereocenters. The van der Waals surface area contributed by atoms with E-state index in [0.717, 1.165) is 11.4 Å². The quantitative estimate of drug-likeness (QED) is 0.616. The number of hydrogen-bond acceptors (Lipinski definition) is 3. The van der Waals surface area contributed by atoms with Gasteiger partial charge in [0.2, 0.25) is 0 Å². The van der Waals surface area contributed by atoms with Crippen molar-refractivity contribution in [1.82, 2.24) is 4.90 Å². The molecule has 1 heterocycles. The lowest BCUT2D eigenvalue weighted by Gasteiger charge is -2.21. The average molecular weight is 246 g/mol. The molecule has 1 amide bonds. The number of carbonyl (C=O) groups is 1. The predicted molar refractivity (Wildman–Crippen MR) is 72.5 cm³/mol. The van der Waals surface area contributed by atoms with E-state index in [1.54, 1.807) is 17.5 Å². The maximum absolute atomic E-state index is 12.0. The van der Waals surface area contributed by atoms with Gasteiger partial charge in [0.05, 0.1) is 21.8 Å². The molecule has 3 nitrogen and oxygen atoms in total. The monoisotopic (exact) mass is 246 g/mol. The zero-order chi connectivity index (χ0) is 12.4. The largest absolute Gasteiger partial charge is 0.309 e. The second-order valence-electron chi connectivity index (χ2n) is 3.99. The number of carbonyl (C=O) groups excluding carboxylic acids is 1. The zero-order valence-corrected chi connectivity index (χ0v) is 10.7. The second kappa shape index (κ2) is 4.75. The number of rotatable bonds is 0. The van der Waals surface area contributed by atoms with Crippen molar-refractivity contribution in [3.63, 3.8) is 0 Å². The van der Waals surface area contributed by atoms with Crippen molar-refractivity contribution in [3.05, 3.63) is 47.2 Å². The minimum Gasteiger partial charge on any atom is -0.309 e. The predicted octanol–water partition coefficient (Wildman–Crippen LogP) is 2.71. The number of thioether (sulfide) groups is 1. The first-order valence-electron chi connectivity index (χ1n) is 5.36. The molecule has 2 aliphatic rings. The second-order valence-corrected chi connectivity index (χ2v) is 4.93. The molecule has 0 fully saturated rings. The number of hydrogen-bond donors (Lipinski definition) is 0. The lowest BCUT2D eigenvalue weighted by Crippen LogP contribution is -2.27. The first-order valence-corrected chi connectivity index (χ1v) is 6.24. The van der Waals surface area contributed by atoms with Gasteiger partial charge in [0, 0.05) is 7.05 Å². The summed E-state index contributed by atoms with van der Waals surface area (Å²) in [6.07, 6.45) is 8.01. The van der Waals surface area contributed by atoms with Crippen LogP contribution in [0, 0.1) is 5.92 Å². The van der Waals surface area contributed by atoms with E-state index in [2.05, 4.69) is 30.6 Å². The molecule has 0 aromatic carbocycles. The van der Waals surface area contributed by atoms with Gasteiger partial charge < -0.3 is 4.90 Å². The van der Waals surface area contributed by atoms with E-state index < -0.39 is 0 Å². The number of nitrogens with zero attached hydrogens (tertiary/aromatic N) is 2. The van der Waals surface area contributed by atoms with Crippen LogP contribution in [0.2, 0.25) is 0 Å². The van der Waals surface area contributed by atoms with Crippen molar-refractivity contribution in [2.45, 2.75) is 6.92 Å². The third-order valence-corrected chi connectivity index (χ3v) is 3.34. The number of likely N-dealkylation sites (N-methyl/N-ethyl adjacent to an activating group) is 1. The van der Waals surface area contributed by atoms with Gasteiger partial charge in [-0.25, -0.2) is 4.99 Å². The van der Waals surface area contributed by atoms with Crippen LogP contribution < -0.4 is 0 Å². The molecular weight excluding hydrogens is 232 g/mol. The topological polar surface area (TPSA) is 32.7 Å². The Kier molecular flexibility index (Phi) is 3.33. The fourth-order valence-electron chi connectivity index (χ4n) is 1.61. The SMILES string of the molecule is C=C1SC=NC2=C(C=CC(C)C=C2)N(C)C1=O. The maximum Gasteiger partial charge on any atom is 0.264 e. The summed E-state index contributed by atoms with van der Waals surface area (Å²) in [5, 5.41) is 0. The summed E-state index contributed by atoms with van der Waals surface area (Å²) in [5.74, 6) is 0.263. The van der Waals surface area contributed by atoms with Crippen LogP contribution in [0.25, 0.3) is 0 Å². The highest BCUT2D eigenvalue weighted by Crippen LogP contribution is 2.25. The lowest BCUT2D eigenvalue weighted by atomic mass is 10.1. The van der Waals surface area contributed by atoms with Crippen molar-refractivity contribution in [1.29, 1.82) is 0 Å². The van der Waals surface area contributed by atoms with Gasteiger partial charge in [-0.3, -0.25) is 4.79 Å². The van der Waals surface area contributed by atoms with Gasteiger partial charge in [-0.15, -0.1) is 0 Å². The lowest BCUT2D eigenvalue weighted by molar-refractivity contribution is -0.123. The highest BCUT2D eigenvalue weighted by atomic mass is 32.2. The molecule has 0 saturated heterocycles. The molecule has 0 spiro atoms. The van der Waals surface area contributed by atoms with E-state index in [9.17, 15) is 4.79 Å². The van der Waals surface area contributed by atoms with E-state index in [0.29, 0.717) is 10.8 Å². The van der Waals surface area contributed by atoms with Gasteiger partial charge in [0.1, 0.15) is 0 Å². The van der Waals surface area contributed by atoms with Crippen LogP contribution in [0.3, 0.4) is 0 Å². The number of aliphatic imine (C=N–C) groups is 1. The first kappa shape index (κ1) is 11.9. The van der Waals surface area contributed by atoms with E-state index in [1.807, 2.05) is 12.2 Å². The summed E-state index contributed by atoms with van der Waals surface area (Å²) in [6.45, 7) is 5.83. The summed E-state index contributed by atoms with van der Waals surface area (Å²) in [7, 11) is 1.75. The molecule has 0 aromatic rings. The smallest absolute Gasteiger partial charge is 0.264 e. The fourth-order valence-corrected chi connectivity index (χ4v) is 2.14. The zero-order valence-electron chi connectivity index (χ0n) is 9.88. The molecular formula is C13H14N2OS. The van der Waals surface area contributed by atoms with Crippen molar-refractivity contribution >= 4 is 23.2 Å². The molecule has 0 aromatic heterocycles. The summed E-state index contributed by atoms with van der Waals surface area (Å²) >= 11 is 1.26. The summed E-state index contributed by atoms with van der Waals surface area (Å²) in [5.41, 5.74) is 3.28. The molecule has 88 valence electrons. The Hall–Kier alpha value is -1.55. The molecule has 2 rings (SSSR count). The molecule has 1 aliphatic heterocycles. The van der Waals surface area contributed by atoms with Crippen molar-refractivity contribution in [2.24, 2.45) is 10.9 Å². The van der Waals surface area contributed by atoms with Gasteiger partial charge in [-0.2, -0.15) is 0 Å². The van der Waals surface area contributed by atoms with E-state index in [4.69, 9.17) is 0 Å². The maximum atomic E-state index is 12.0. The van der Waals surface area contributed by atoms with Crippen molar-refractivity contribution in [2.75, 3.05) is 7.05 Å². The van der Waals surface area contributed by atoms with E-state index in [1.165, 1.54) is 11.8 Å². The molecule has 1 unspecified atom stereocenters. The van der Waals surface area contributed by atoms with Gasteiger partial charge in [-0.05, 0) is 18.1 Å². The highest BCUT2D eigenvalue weighted by molar-refractivity contribution is 8.16. The fraction of sp³-hybridized carbons (Fsp3) is 0.231. The van der Waals surface area contributed by atoms with Crippen LogP contribution >= 0.6 is 11.8 Å². The van der Waals surface area contributed by atoms with E-state index >= 15 is 0 Å². The van der Waals surface area contributed by atoms with Crippen LogP contribution in [-0.4, -0.2) is 23.4 Å². The Labute approximate surface area is 105 Å². The highest BCUT2D eigenvalue weighted by Gasteiger charge is 2.20. The van der Waals surface area contributed by atoms with Gasteiger partial charge in [-0.1, -0.05) is 37.4 Å². The molecule has 4 heteroatoms. The minimum absolute atomic E-state index is 0.0822.